The zero-order valence-electron chi connectivity index (χ0n) is 11.4. The van der Waals surface area contributed by atoms with Gasteiger partial charge in [-0.2, -0.15) is 0 Å². The van der Waals surface area contributed by atoms with Gasteiger partial charge in [0.25, 0.3) is 0 Å². The van der Waals surface area contributed by atoms with Crippen molar-refractivity contribution in [2.45, 2.75) is 10.9 Å². The number of halogens is 1. The Kier molecular flexibility index (Phi) is 4.18. The SMILES string of the molecule is NC(CSc1ccc(F)cc1)c1cccc2cccnc12. The fourth-order valence-electron chi connectivity index (χ4n) is 2.23. The summed E-state index contributed by atoms with van der Waals surface area (Å²) in [5, 5.41) is 1.09. The summed E-state index contributed by atoms with van der Waals surface area (Å²) in [6.45, 7) is 0. The molecule has 2 nitrogen and oxygen atoms in total. The number of thioether (sulfide) groups is 1. The Bertz CT molecular complexity index is 738. The number of hydrogen-bond donors (Lipinski definition) is 1. The van der Waals surface area contributed by atoms with Gasteiger partial charge >= 0.3 is 0 Å². The first kappa shape index (κ1) is 14.0. The summed E-state index contributed by atoms with van der Waals surface area (Å²) in [7, 11) is 0. The van der Waals surface area contributed by atoms with Crippen LogP contribution in [-0.2, 0) is 0 Å². The van der Waals surface area contributed by atoms with Crippen LogP contribution in [0, 0.1) is 5.82 Å². The molecular formula is C17H15FN2S. The predicted molar refractivity (Wildman–Crippen MR) is 85.8 cm³/mol. The lowest BCUT2D eigenvalue weighted by atomic mass is 10.0. The molecule has 1 aromatic heterocycles. The number of aromatic nitrogens is 1. The van der Waals surface area contributed by atoms with Crippen LogP contribution >= 0.6 is 11.8 Å². The fraction of sp³-hybridized carbons (Fsp3) is 0.118. The van der Waals surface area contributed by atoms with Crippen LogP contribution in [-0.4, -0.2) is 10.7 Å². The van der Waals surface area contributed by atoms with Crippen LogP contribution in [0.4, 0.5) is 4.39 Å². The first-order chi connectivity index (χ1) is 10.2. The van der Waals surface area contributed by atoms with E-state index < -0.39 is 0 Å². The van der Waals surface area contributed by atoms with Crippen molar-refractivity contribution in [2.75, 3.05) is 5.75 Å². The molecule has 0 bridgehead atoms. The number of para-hydroxylation sites is 1. The van der Waals surface area contributed by atoms with Crippen LogP contribution in [0.3, 0.4) is 0 Å². The van der Waals surface area contributed by atoms with Crippen LogP contribution in [0.2, 0.25) is 0 Å². The summed E-state index contributed by atoms with van der Waals surface area (Å²) < 4.78 is 12.9. The molecule has 1 heterocycles. The lowest BCUT2D eigenvalue weighted by molar-refractivity contribution is 0.626. The molecule has 0 fully saturated rings. The molecule has 0 saturated heterocycles. The topological polar surface area (TPSA) is 38.9 Å². The molecule has 1 unspecified atom stereocenters. The summed E-state index contributed by atoms with van der Waals surface area (Å²) in [4.78, 5) is 5.44. The molecule has 0 aliphatic carbocycles. The molecule has 0 spiro atoms. The molecule has 3 rings (SSSR count). The average molecular weight is 298 g/mol. The molecule has 0 aliphatic heterocycles. The summed E-state index contributed by atoms with van der Waals surface area (Å²) in [5.41, 5.74) is 8.30. The fourth-order valence-corrected chi connectivity index (χ4v) is 3.11. The summed E-state index contributed by atoms with van der Waals surface area (Å²) in [6, 6.07) is 16.4. The van der Waals surface area contributed by atoms with E-state index in [0.717, 1.165) is 27.1 Å². The van der Waals surface area contributed by atoms with E-state index in [2.05, 4.69) is 4.98 Å². The second-order valence-electron chi connectivity index (χ2n) is 4.79. The number of hydrogen-bond acceptors (Lipinski definition) is 3. The Morgan fingerprint density at radius 2 is 1.81 bits per heavy atom. The Morgan fingerprint density at radius 1 is 1.05 bits per heavy atom. The van der Waals surface area contributed by atoms with Gasteiger partial charge in [-0.05, 0) is 35.9 Å². The number of nitrogens with zero attached hydrogens (tertiary/aromatic N) is 1. The molecule has 106 valence electrons. The maximum absolute atomic E-state index is 12.9. The van der Waals surface area contributed by atoms with Crippen LogP contribution in [0.25, 0.3) is 10.9 Å². The van der Waals surface area contributed by atoms with E-state index in [-0.39, 0.29) is 11.9 Å². The minimum absolute atomic E-state index is 0.112. The minimum Gasteiger partial charge on any atom is -0.323 e. The Balaban J connectivity index is 1.78. The highest BCUT2D eigenvalue weighted by Crippen LogP contribution is 2.27. The average Bonchev–Trinajstić information content (AvgIpc) is 2.53. The lowest BCUT2D eigenvalue weighted by Crippen LogP contribution is -2.13. The van der Waals surface area contributed by atoms with Gasteiger partial charge in [-0.25, -0.2) is 4.39 Å². The van der Waals surface area contributed by atoms with Gasteiger partial charge in [-0.3, -0.25) is 4.98 Å². The smallest absolute Gasteiger partial charge is 0.123 e. The maximum atomic E-state index is 12.9. The van der Waals surface area contributed by atoms with Crippen molar-refractivity contribution in [2.24, 2.45) is 5.73 Å². The van der Waals surface area contributed by atoms with E-state index in [0.29, 0.717) is 0 Å². The second-order valence-corrected chi connectivity index (χ2v) is 5.89. The van der Waals surface area contributed by atoms with Crippen molar-refractivity contribution in [3.05, 3.63) is 72.2 Å². The molecule has 3 aromatic rings. The van der Waals surface area contributed by atoms with Crippen molar-refractivity contribution in [1.82, 2.24) is 4.98 Å². The summed E-state index contributed by atoms with van der Waals surface area (Å²) in [6.07, 6.45) is 1.78. The van der Waals surface area contributed by atoms with Crippen LogP contribution in [0.1, 0.15) is 11.6 Å². The van der Waals surface area contributed by atoms with Crippen molar-refractivity contribution >= 4 is 22.7 Å². The third-order valence-corrected chi connectivity index (χ3v) is 4.44. The van der Waals surface area contributed by atoms with E-state index in [4.69, 9.17) is 5.73 Å². The van der Waals surface area contributed by atoms with E-state index in [1.807, 2.05) is 30.3 Å². The quantitative estimate of drug-likeness (QED) is 0.735. The Morgan fingerprint density at radius 3 is 2.62 bits per heavy atom. The maximum Gasteiger partial charge on any atom is 0.123 e. The van der Waals surface area contributed by atoms with Gasteiger partial charge in [-0.1, -0.05) is 24.3 Å². The van der Waals surface area contributed by atoms with Gasteiger partial charge in [0.15, 0.2) is 0 Å². The van der Waals surface area contributed by atoms with Crippen molar-refractivity contribution in [1.29, 1.82) is 0 Å². The van der Waals surface area contributed by atoms with E-state index in [9.17, 15) is 4.39 Å². The molecule has 4 heteroatoms. The molecule has 21 heavy (non-hydrogen) atoms. The van der Waals surface area contributed by atoms with Crippen LogP contribution < -0.4 is 5.73 Å². The van der Waals surface area contributed by atoms with Gasteiger partial charge in [-0.15, -0.1) is 11.8 Å². The van der Waals surface area contributed by atoms with E-state index in [1.54, 1.807) is 30.1 Å². The molecule has 2 N–H and O–H groups in total. The highest BCUT2D eigenvalue weighted by atomic mass is 32.2. The highest BCUT2D eigenvalue weighted by molar-refractivity contribution is 7.99. The van der Waals surface area contributed by atoms with Crippen molar-refractivity contribution in [3.8, 4) is 0 Å². The second kappa shape index (κ2) is 6.24. The van der Waals surface area contributed by atoms with E-state index >= 15 is 0 Å². The largest absolute Gasteiger partial charge is 0.323 e. The normalized spacial score (nSPS) is 12.5. The molecule has 0 saturated carbocycles. The summed E-state index contributed by atoms with van der Waals surface area (Å²) in [5.74, 6) is 0.503. The lowest BCUT2D eigenvalue weighted by Gasteiger charge is -2.13. The predicted octanol–water partition coefficient (Wildman–Crippen LogP) is 4.17. The van der Waals surface area contributed by atoms with Gasteiger partial charge in [0.1, 0.15) is 5.82 Å². The zero-order valence-corrected chi connectivity index (χ0v) is 12.2. The zero-order chi connectivity index (χ0) is 14.7. The number of benzene rings is 2. The number of nitrogens with two attached hydrogens (primary N) is 1. The number of rotatable bonds is 4. The van der Waals surface area contributed by atoms with E-state index in [1.165, 1.54) is 12.1 Å². The molecule has 0 aliphatic rings. The van der Waals surface area contributed by atoms with Crippen molar-refractivity contribution in [3.63, 3.8) is 0 Å². The van der Waals surface area contributed by atoms with Crippen LogP contribution in [0.5, 0.6) is 0 Å². The first-order valence-corrected chi connectivity index (χ1v) is 7.70. The third-order valence-electron chi connectivity index (χ3n) is 3.31. The third kappa shape index (κ3) is 3.23. The molecule has 0 radical (unpaired) electrons. The molecule has 2 aromatic carbocycles. The monoisotopic (exact) mass is 298 g/mol. The van der Waals surface area contributed by atoms with Gasteiger partial charge in [0.05, 0.1) is 5.52 Å². The van der Waals surface area contributed by atoms with Gasteiger partial charge in [0.2, 0.25) is 0 Å². The molecule has 0 amide bonds. The first-order valence-electron chi connectivity index (χ1n) is 6.71. The van der Waals surface area contributed by atoms with Gasteiger partial charge < -0.3 is 5.73 Å². The summed E-state index contributed by atoms with van der Waals surface area (Å²) >= 11 is 1.62. The van der Waals surface area contributed by atoms with Crippen LogP contribution in [0.15, 0.2) is 65.7 Å². The molecule has 1 atom stereocenters. The Labute approximate surface area is 127 Å². The Hall–Kier alpha value is -1.91. The van der Waals surface area contributed by atoms with Gasteiger partial charge in [0, 0.05) is 28.3 Å². The number of pyridine rings is 1. The van der Waals surface area contributed by atoms with Crippen molar-refractivity contribution < 1.29 is 4.39 Å². The number of fused-ring (bicyclic) bond motifs is 1. The molecular weight excluding hydrogens is 283 g/mol. The minimum atomic E-state index is -0.220. The standard InChI is InChI=1S/C17H15FN2S/c18-13-6-8-14(9-7-13)21-11-16(19)15-5-1-3-12-4-2-10-20-17(12)15/h1-10,16H,11,19H2. The highest BCUT2D eigenvalue weighted by Gasteiger charge is 2.11.